The van der Waals surface area contributed by atoms with E-state index in [-0.39, 0.29) is 55.2 Å². The van der Waals surface area contributed by atoms with Crippen molar-refractivity contribution in [1.82, 2.24) is 35.5 Å². The number of ether oxygens (including phenoxy) is 8. The Morgan fingerprint density at radius 1 is 0.723 bits per heavy atom. The summed E-state index contributed by atoms with van der Waals surface area (Å²) in [5, 5.41) is 26.5. The van der Waals surface area contributed by atoms with Gasteiger partial charge in [0, 0.05) is 98.7 Å². The minimum absolute atomic E-state index is 0.0291. The number of methoxy groups -OCH3 is 2. The molecule has 4 heterocycles. The fraction of sp³-hybridized carbons (Fsp3) is 0.384. The molecule has 0 saturated carbocycles. The van der Waals surface area contributed by atoms with Crippen molar-refractivity contribution < 1.29 is 67.0 Å². The molecule has 1 atom stereocenters. The second-order valence-electron chi connectivity index (χ2n) is 24.0. The summed E-state index contributed by atoms with van der Waals surface area (Å²) in [7, 11) is 3.29. The van der Waals surface area contributed by atoms with Crippen LogP contribution in [0.15, 0.2) is 120 Å². The number of anilines is 6. The van der Waals surface area contributed by atoms with Gasteiger partial charge >= 0.3 is 5.97 Å². The second-order valence-corrected chi connectivity index (χ2v) is 24.0. The Hall–Kier alpha value is -10.7. The molecule has 0 radical (unpaired) electrons. The van der Waals surface area contributed by atoms with Crippen LogP contribution in [-0.2, 0) is 46.2 Å². The van der Waals surface area contributed by atoms with Crippen LogP contribution in [0.1, 0.15) is 66.3 Å². The fourth-order valence-electron chi connectivity index (χ4n) is 11.6. The number of nitrogens with two attached hydrogens (primary N) is 1. The van der Waals surface area contributed by atoms with Gasteiger partial charge in [0.1, 0.15) is 43.1 Å². The Kier molecular flexibility index (Phi) is 26.4. The predicted octanol–water partition coefficient (Wildman–Crippen LogP) is 6.63. The molecule has 8 aromatic rings. The Balaban J connectivity index is 0.756. The topological polar surface area (TPSA) is 347 Å². The quantitative estimate of drug-likeness (QED) is 0.0198. The largest absolute Gasteiger partial charge is 0.490 e. The molecule has 6 aromatic carbocycles. The maximum atomic E-state index is 14.1. The maximum absolute atomic E-state index is 14.1. The van der Waals surface area contributed by atoms with E-state index in [1.807, 2.05) is 50.2 Å². The zero-order valence-electron chi connectivity index (χ0n) is 57.2. The number of hydrogen-bond acceptors (Lipinski definition) is 23. The number of aryl methyl sites for hydroxylation is 2. The van der Waals surface area contributed by atoms with E-state index in [0.29, 0.717) is 157 Å². The van der Waals surface area contributed by atoms with E-state index in [4.69, 9.17) is 43.6 Å². The number of hydrogen-bond donors (Lipinski definition) is 8. The van der Waals surface area contributed by atoms with Crippen molar-refractivity contribution in [1.29, 1.82) is 0 Å². The predicted molar refractivity (Wildman–Crippen MR) is 383 cm³/mol. The number of carbonyl (C=O) groups excluding carboxylic acids is 4. The van der Waals surface area contributed by atoms with Gasteiger partial charge in [0.2, 0.25) is 11.9 Å². The van der Waals surface area contributed by atoms with E-state index >= 15 is 0 Å². The van der Waals surface area contributed by atoms with Crippen LogP contribution in [0.2, 0.25) is 0 Å². The number of aromatic amines is 1. The van der Waals surface area contributed by atoms with Crippen molar-refractivity contribution >= 4 is 85.9 Å². The average molecular weight is 1390 g/mol. The molecule has 28 heteroatoms. The molecule has 9 N–H and O–H groups in total. The lowest BCUT2D eigenvalue weighted by Gasteiger charge is -2.29. The molecule has 0 aliphatic carbocycles. The summed E-state index contributed by atoms with van der Waals surface area (Å²) in [5.41, 5.74) is 13.5. The molecular formula is C73H87N13O15. The van der Waals surface area contributed by atoms with Crippen LogP contribution in [0.4, 0.5) is 34.4 Å². The van der Waals surface area contributed by atoms with E-state index in [9.17, 15) is 33.9 Å². The summed E-state index contributed by atoms with van der Waals surface area (Å²) in [6.45, 7) is 11.9. The highest BCUT2D eigenvalue weighted by Crippen LogP contribution is 2.36. The minimum atomic E-state index is -1.41. The number of carboxylic acids is 1. The van der Waals surface area contributed by atoms with Crippen LogP contribution in [0, 0.1) is 13.8 Å². The van der Waals surface area contributed by atoms with Gasteiger partial charge in [0.25, 0.3) is 23.3 Å². The van der Waals surface area contributed by atoms with Gasteiger partial charge in [-0.05, 0) is 122 Å². The Morgan fingerprint density at radius 2 is 1.46 bits per heavy atom. The lowest BCUT2D eigenvalue weighted by Crippen LogP contribution is -2.45. The molecule has 0 spiro atoms. The Labute approximate surface area is 584 Å². The summed E-state index contributed by atoms with van der Waals surface area (Å²) < 4.78 is 48.5. The number of nitrogens with one attached hydrogen (secondary N) is 6. The molecule has 101 heavy (non-hydrogen) atoms. The summed E-state index contributed by atoms with van der Waals surface area (Å²) in [6, 6.07) is 32.1. The molecule has 0 fully saturated rings. The van der Waals surface area contributed by atoms with Crippen molar-refractivity contribution in [3.8, 4) is 17.2 Å². The van der Waals surface area contributed by atoms with Gasteiger partial charge in [-0.25, -0.2) is 14.8 Å². The first kappa shape index (κ1) is 73.1. The van der Waals surface area contributed by atoms with Crippen molar-refractivity contribution in [2.75, 3.05) is 171 Å². The fourth-order valence-corrected chi connectivity index (χ4v) is 11.6. The number of carboxylic acid groups (broad SMARTS) is 1. The summed E-state index contributed by atoms with van der Waals surface area (Å²) in [6.07, 6.45) is 1.50. The Morgan fingerprint density at radius 3 is 2.24 bits per heavy atom. The first-order chi connectivity index (χ1) is 49.1. The first-order valence-corrected chi connectivity index (χ1v) is 33.6. The van der Waals surface area contributed by atoms with Crippen LogP contribution < -0.4 is 61.9 Å². The molecule has 1 unspecified atom stereocenters. The number of imide groups is 1. The molecule has 2 aliphatic heterocycles. The number of aromatic nitrogens is 4. The van der Waals surface area contributed by atoms with Gasteiger partial charge in [-0.2, -0.15) is 4.98 Å². The van der Waals surface area contributed by atoms with E-state index in [2.05, 4.69) is 86.7 Å². The average Bonchev–Trinajstić information content (AvgIpc) is 0.742. The number of rotatable bonds is 27. The van der Waals surface area contributed by atoms with Crippen molar-refractivity contribution in [3.05, 3.63) is 165 Å². The van der Waals surface area contributed by atoms with Crippen LogP contribution in [0.5, 0.6) is 17.2 Å². The van der Waals surface area contributed by atoms with E-state index < -0.39 is 41.2 Å². The van der Waals surface area contributed by atoms with Crippen LogP contribution in [-0.4, -0.2) is 205 Å². The van der Waals surface area contributed by atoms with E-state index in [1.165, 1.54) is 18.3 Å². The zero-order chi connectivity index (χ0) is 71.0. The lowest BCUT2D eigenvalue weighted by molar-refractivity contribution is -0.139. The molecule has 534 valence electrons. The molecule has 28 nitrogen and oxygen atoms in total. The standard InChI is InChI=1S/C73H87N13O15/c1-47-8-16-57-61(42-47)99-34-29-85(30-35-100-62-43-48(2)9-19-59(62)84(27-32-97-38-36-94-3)28-33-98-40-39-96-31-25-76-57)60-20-10-49(44-63(60)101-41-37-95-4)22-23-75-56-17-15-55-65-53(56)6-5-7-54(65)70(90)86(71(55)91)26-24-77-64(87)21-18-58(72(92)93)81-68(88)50-11-13-51(14-12-50)78-45-52-46-79-67-66(80-52)69(89)83-73(74)82-67/h5-17,19-20,42-44,46,58,75-76,78H,18,21-41,45H2,1-4H3,(H,77,87)(H,81,88)(H,92,93)(H3,74,79,82,83,89). The van der Waals surface area contributed by atoms with Crippen LogP contribution >= 0.6 is 0 Å². The number of aliphatic carboxylic acids is 1. The van der Waals surface area contributed by atoms with E-state index in [0.717, 1.165) is 55.8 Å². The number of amides is 4. The number of benzene rings is 6. The van der Waals surface area contributed by atoms with E-state index in [1.54, 1.807) is 44.6 Å². The van der Waals surface area contributed by atoms with Crippen LogP contribution in [0.25, 0.3) is 21.9 Å². The number of nitrogens with zero attached hydrogens (tertiary/aromatic N) is 6. The van der Waals surface area contributed by atoms with Gasteiger partial charge in [0.05, 0.1) is 101 Å². The summed E-state index contributed by atoms with van der Waals surface area (Å²) in [4.78, 5) is 99.4. The SMILES string of the molecule is COCCOCCN1CCOCCOCCNc2ccc(C)cc2OCCN(c2ccc(CCNc3ccc4c5c(cccc35)C(=O)N(CCNC(=O)CCC(NC(=O)c3ccc(NCc5cnc6nc(N)[nH]c(=O)c6n5)cc3)C(=O)O)C4=O)cc2OCCOC)CCOc2cc(C)ccc21. The monoisotopic (exact) mass is 1390 g/mol. The van der Waals surface area contributed by atoms with Crippen molar-refractivity contribution in [2.45, 2.75) is 45.7 Å². The highest BCUT2D eigenvalue weighted by atomic mass is 16.5. The highest BCUT2D eigenvalue weighted by Gasteiger charge is 2.34. The third-order valence-corrected chi connectivity index (χ3v) is 16.9. The maximum Gasteiger partial charge on any atom is 0.326 e. The molecular weight excluding hydrogens is 1300 g/mol. The van der Waals surface area contributed by atoms with Gasteiger partial charge in [-0.15, -0.1) is 0 Å². The molecule has 2 aliphatic rings. The summed E-state index contributed by atoms with van der Waals surface area (Å²) >= 11 is 0. The number of nitrogen functional groups attached to an aromatic ring is 1. The second kappa shape index (κ2) is 36.4. The third-order valence-electron chi connectivity index (χ3n) is 16.9. The van der Waals surface area contributed by atoms with Gasteiger partial charge < -0.3 is 85.1 Å². The number of H-pyrrole nitrogens is 1. The molecule has 0 bridgehead atoms. The van der Waals surface area contributed by atoms with Gasteiger partial charge in [0.15, 0.2) is 11.2 Å². The molecule has 10 rings (SSSR count). The Bertz CT molecular complexity index is 4210. The first-order valence-electron chi connectivity index (χ1n) is 33.6. The minimum Gasteiger partial charge on any atom is -0.490 e. The molecule has 0 saturated heterocycles. The summed E-state index contributed by atoms with van der Waals surface area (Å²) in [5.74, 6) is -1.56. The van der Waals surface area contributed by atoms with Crippen molar-refractivity contribution in [2.24, 2.45) is 0 Å². The number of carbonyl (C=O) groups is 5. The number of fused-ring (bicyclic) bond motifs is 3. The zero-order valence-corrected chi connectivity index (χ0v) is 57.2. The lowest BCUT2D eigenvalue weighted by atomic mass is 9.93. The van der Waals surface area contributed by atoms with Gasteiger partial charge in [-0.1, -0.05) is 30.3 Å². The smallest absolute Gasteiger partial charge is 0.326 e. The normalized spacial score (nSPS) is 14.3. The third kappa shape index (κ3) is 20.1. The molecule has 2 aromatic heterocycles. The highest BCUT2D eigenvalue weighted by molar-refractivity contribution is 6.26. The molecule has 4 amide bonds. The van der Waals surface area contributed by atoms with Crippen molar-refractivity contribution in [3.63, 3.8) is 0 Å². The van der Waals surface area contributed by atoms with Gasteiger partial charge in [-0.3, -0.25) is 33.9 Å². The van der Waals surface area contributed by atoms with Crippen LogP contribution in [0.3, 0.4) is 0 Å².